The molecule has 1 aliphatic rings. The summed E-state index contributed by atoms with van der Waals surface area (Å²) in [6.07, 6.45) is 13.0. The molecule has 0 aromatic carbocycles. The topological polar surface area (TPSA) is 168 Å². The van der Waals surface area contributed by atoms with Crippen LogP contribution in [0.2, 0.25) is 0 Å². The van der Waals surface area contributed by atoms with Crippen LogP contribution in [0.25, 0.3) is 0 Å². The van der Waals surface area contributed by atoms with Crippen LogP contribution in [0.1, 0.15) is 138 Å². The maximum Gasteiger partial charge on any atom is 0.338 e. The first-order valence-corrected chi connectivity index (χ1v) is 19.9. The van der Waals surface area contributed by atoms with Gasteiger partial charge in [0, 0.05) is 26.1 Å². The van der Waals surface area contributed by atoms with Crippen molar-refractivity contribution in [3.8, 4) is 0 Å². The molecule has 0 aromatic heterocycles. The highest BCUT2D eigenvalue weighted by Gasteiger charge is 2.53. The average molecular weight is 796 g/mol. The van der Waals surface area contributed by atoms with Crippen LogP contribution in [-0.2, 0) is 42.2 Å². The maximum atomic E-state index is 14.6. The van der Waals surface area contributed by atoms with E-state index in [4.69, 9.17) is 38.6 Å². The molecule has 314 valence electrons. The molecule has 1 rings (SSSR count). The van der Waals surface area contributed by atoms with Gasteiger partial charge in [-0.1, -0.05) is 113 Å². The summed E-state index contributed by atoms with van der Waals surface area (Å²) in [5.74, 6) is -4.09. The van der Waals surface area contributed by atoms with E-state index >= 15 is 0 Å². The lowest BCUT2D eigenvalue weighted by molar-refractivity contribution is -0.157. The molecule has 2 unspecified atom stereocenters. The highest BCUT2D eigenvalue weighted by Crippen LogP contribution is 2.43. The molecule has 3 N–H and O–H groups in total. The summed E-state index contributed by atoms with van der Waals surface area (Å²) in [4.78, 5) is 39.6. The summed E-state index contributed by atoms with van der Waals surface area (Å²) >= 11 is 0. The summed E-state index contributed by atoms with van der Waals surface area (Å²) in [7, 11) is -0.894. The molecule has 0 spiro atoms. The number of rotatable bonds is 26. The highest BCUT2D eigenvalue weighted by molar-refractivity contribution is 7.41. The Kier molecular flexibility index (Phi) is 26.4. The lowest BCUT2D eigenvalue weighted by Gasteiger charge is -2.25. The molecule has 1 amide bonds. The Morgan fingerprint density at radius 1 is 0.926 bits per heavy atom. The molecule has 0 aromatic rings. The van der Waals surface area contributed by atoms with Crippen LogP contribution in [0, 0.1) is 10.8 Å². The number of amides is 1. The number of ether oxygens (including phenoxy) is 3. The van der Waals surface area contributed by atoms with E-state index in [0.29, 0.717) is 10.7 Å². The van der Waals surface area contributed by atoms with Crippen LogP contribution in [0.3, 0.4) is 0 Å². The molecule has 0 radical (unpaired) electrons. The van der Waals surface area contributed by atoms with E-state index in [-0.39, 0.29) is 35.9 Å². The van der Waals surface area contributed by atoms with Crippen molar-refractivity contribution in [2.45, 2.75) is 157 Å². The van der Waals surface area contributed by atoms with Crippen molar-refractivity contribution in [1.82, 2.24) is 4.90 Å². The molecule has 1 heterocycles. The van der Waals surface area contributed by atoms with Gasteiger partial charge in [0.05, 0.1) is 31.3 Å². The number of alkyl halides is 2. The van der Waals surface area contributed by atoms with Crippen LogP contribution in [0.4, 0.5) is 8.78 Å². The van der Waals surface area contributed by atoms with Crippen molar-refractivity contribution in [2.24, 2.45) is 21.6 Å². The number of carbonyl (C=O) groups excluding carboxylic acids is 3. The highest BCUT2D eigenvalue weighted by atomic mass is 31.2. The molecule has 0 saturated carbocycles. The number of esters is 2. The molecule has 1 fully saturated rings. The fraction of sp³-hybridized carbons (Fsp3) is 0.789. The molecule has 0 aliphatic carbocycles. The van der Waals surface area contributed by atoms with Crippen LogP contribution in [0.15, 0.2) is 29.6 Å². The summed E-state index contributed by atoms with van der Waals surface area (Å²) in [6, 6.07) is 0. The number of amidine groups is 1. The Morgan fingerprint density at radius 3 is 1.83 bits per heavy atom. The largest absolute Gasteiger partial charge is 0.513 e. The number of nitrogens with two attached hydrogens (primary N) is 1. The predicted molar refractivity (Wildman–Crippen MR) is 206 cm³/mol. The van der Waals surface area contributed by atoms with Gasteiger partial charge in [0.15, 0.2) is 0 Å². The number of unbranched alkanes of at least 4 members (excludes halogenated alkanes) is 9. The number of hydrogen-bond acceptors (Lipinski definition) is 11. The van der Waals surface area contributed by atoms with Gasteiger partial charge in [-0.05, 0) is 23.3 Å². The van der Waals surface area contributed by atoms with Gasteiger partial charge in [0.1, 0.15) is 5.84 Å². The predicted octanol–water partition coefficient (Wildman–Crippen LogP) is 9.22. The zero-order valence-electron chi connectivity index (χ0n) is 33.9. The molecule has 1 aliphatic heterocycles. The number of carbonyl (C=O) groups is 3. The minimum atomic E-state index is -3.41. The smallest absolute Gasteiger partial charge is 0.338 e. The molecule has 13 nitrogen and oxygen atoms in total. The summed E-state index contributed by atoms with van der Waals surface area (Å²) in [5, 5.41) is 8.88. The molecule has 16 heteroatoms. The Bertz CT molecular complexity index is 1110. The third-order valence-corrected chi connectivity index (χ3v) is 8.53. The second kappa shape index (κ2) is 27.8. The van der Waals surface area contributed by atoms with E-state index in [1.807, 2.05) is 41.5 Å². The molecule has 1 saturated heterocycles. The van der Waals surface area contributed by atoms with E-state index in [1.54, 1.807) is 0 Å². The molecular weight excluding hydrogens is 727 g/mol. The number of hydrogen-bond donors (Lipinski definition) is 2. The normalized spacial score (nSPS) is 17.3. The van der Waals surface area contributed by atoms with E-state index in [1.165, 1.54) is 70.9 Å². The van der Waals surface area contributed by atoms with Crippen LogP contribution >= 0.6 is 8.60 Å². The molecule has 0 bridgehead atoms. The Labute approximate surface area is 323 Å². The lowest BCUT2D eigenvalue weighted by atomic mass is 9.92. The summed E-state index contributed by atoms with van der Waals surface area (Å²) in [6.45, 7) is 15.4. The van der Waals surface area contributed by atoms with Gasteiger partial charge in [-0.3, -0.25) is 33.3 Å². The SMILES string of the molecule is C=C(O)CCCCCCCCCCCC.CN=C(N)/C=C\N(C=O)C1OC(COP(OCOC(=O)CC(C)(C)C)OCOC(=O)CC(C)(C)C)CC1(F)F. The van der Waals surface area contributed by atoms with Gasteiger partial charge >= 0.3 is 20.5 Å². The second-order valence-corrected chi connectivity index (χ2v) is 16.8. The van der Waals surface area contributed by atoms with Crippen molar-refractivity contribution < 1.29 is 56.1 Å². The number of allylic oxidation sites excluding steroid dienone is 1. The fourth-order valence-electron chi connectivity index (χ4n) is 4.84. The Morgan fingerprint density at radius 2 is 1.41 bits per heavy atom. The van der Waals surface area contributed by atoms with Gasteiger partial charge in [-0.25, -0.2) is 8.78 Å². The Balaban J connectivity index is 0.00000157. The number of halogens is 2. The van der Waals surface area contributed by atoms with Crippen molar-refractivity contribution in [1.29, 1.82) is 0 Å². The number of aliphatic hydroxyl groups is 1. The number of nitrogens with zero attached hydrogens (tertiary/aromatic N) is 2. The van der Waals surface area contributed by atoms with Crippen LogP contribution < -0.4 is 5.73 Å². The lowest BCUT2D eigenvalue weighted by Crippen LogP contribution is -2.41. The third kappa shape index (κ3) is 27.8. The summed E-state index contributed by atoms with van der Waals surface area (Å²) < 4.78 is 60.8. The van der Waals surface area contributed by atoms with E-state index in [2.05, 4.69) is 18.5 Å². The second-order valence-electron chi connectivity index (χ2n) is 15.6. The minimum Gasteiger partial charge on any atom is -0.513 e. The number of aliphatic hydroxyl groups excluding tert-OH is 1. The monoisotopic (exact) mass is 795 g/mol. The first-order valence-electron chi connectivity index (χ1n) is 18.8. The van der Waals surface area contributed by atoms with E-state index in [0.717, 1.165) is 19.0 Å². The number of aliphatic imine (C=N–C) groups is 1. The summed E-state index contributed by atoms with van der Waals surface area (Å²) in [5.41, 5.74) is 4.90. The minimum absolute atomic E-state index is 0.0226. The van der Waals surface area contributed by atoms with Gasteiger partial charge in [-0.15, -0.1) is 0 Å². The van der Waals surface area contributed by atoms with Gasteiger partial charge in [0.25, 0.3) is 5.92 Å². The zero-order valence-corrected chi connectivity index (χ0v) is 34.8. The van der Waals surface area contributed by atoms with Crippen molar-refractivity contribution >= 4 is 32.8 Å². The third-order valence-electron chi connectivity index (χ3n) is 7.54. The van der Waals surface area contributed by atoms with Crippen molar-refractivity contribution in [3.05, 3.63) is 24.6 Å². The maximum absolute atomic E-state index is 14.6. The van der Waals surface area contributed by atoms with Crippen LogP contribution in [-0.4, -0.2) is 79.7 Å². The van der Waals surface area contributed by atoms with Gasteiger partial charge in [-0.2, -0.15) is 0 Å². The van der Waals surface area contributed by atoms with E-state index in [9.17, 15) is 23.2 Å². The van der Waals surface area contributed by atoms with Crippen molar-refractivity contribution in [3.63, 3.8) is 0 Å². The zero-order chi connectivity index (χ0) is 41.2. The van der Waals surface area contributed by atoms with Crippen LogP contribution in [0.5, 0.6) is 0 Å². The molecule has 2 atom stereocenters. The van der Waals surface area contributed by atoms with Gasteiger partial charge in [0.2, 0.25) is 26.2 Å². The van der Waals surface area contributed by atoms with Gasteiger partial charge < -0.3 is 29.6 Å². The molecular formula is C38H68F2N3O10P. The Hall–Kier alpha value is -2.71. The average Bonchev–Trinajstić information content (AvgIpc) is 3.36. The quantitative estimate of drug-likeness (QED) is 0.0125. The first-order chi connectivity index (χ1) is 25.2. The van der Waals surface area contributed by atoms with E-state index < -0.39 is 65.4 Å². The molecule has 54 heavy (non-hydrogen) atoms. The van der Waals surface area contributed by atoms with Crippen molar-refractivity contribution in [2.75, 3.05) is 27.2 Å². The standard InChI is InChI=1S/C24H40F2N3O9P.C14H28O/c1-22(2,3)11-19(31)33-15-36-39(37-16-34-20(32)12-23(4,5)6)35-13-17-10-24(25,26)21(38-17)29(14-30)9-8-18(27)28-7;1-3-4-5-6-7-8-9-10-11-12-13-14(2)15/h8-9,14,17,21H,10-13,15-16H2,1-7H3,(H2,27,28);15H,2-13H2,1H3/b9-8-;. The first kappa shape index (κ1) is 51.3. The fourth-order valence-corrected chi connectivity index (χ4v) is 5.63.